The predicted molar refractivity (Wildman–Crippen MR) is 118 cm³/mol. The molecule has 0 aliphatic heterocycles. The van der Waals surface area contributed by atoms with E-state index in [1.807, 2.05) is 25.1 Å². The summed E-state index contributed by atoms with van der Waals surface area (Å²) in [6.07, 6.45) is 0. The van der Waals surface area contributed by atoms with Crippen molar-refractivity contribution in [3.05, 3.63) is 56.0 Å². The van der Waals surface area contributed by atoms with Crippen LogP contribution in [-0.2, 0) is 13.2 Å². The molecule has 0 fully saturated rings. The van der Waals surface area contributed by atoms with E-state index < -0.39 is 0 Å². The molecule has 0 radical (unpaired) electrons. The van der Waals surface area contributed by atoms with Gasteiger partial charge in [-0.1, -0.05) is 29.3 Å². The number of hydrogen-bond acceptors (Lipinski definition) is 5. The van der Waals surface area contributed by atoms with Crippen molar-refractivity contribution in [2.45, 2.75) is 20.1 Å². The molecule has 0 bridgehead atoms. The van der Waals surface area contributed by atoms with E-state index in [4.69, 9.17) is 37.8 Å². The Morgan fingerprint density at radius 2 is 1.82 bits per heavy atom. The molecule has 154 valence electrons. The lowest BCUT2D eigenvalue weighted by atomic mass is 10.2. The molecule has 0 unspecified atom stereocenters. The second-order valence-electron chi connectivity index (χ2n) is 6.01. The molecule has 28 heavy (non-hydrogen) atoms. The van der Waals surface area contributed by atoms with E-state index in [2.05, 4.69) is 26.6 Å². The number of nitrogens with one attached hydrogen (secondary N) is 2. The zero-order valence-electron chi connectivity index (χ0n) is 15.7. The Hall–Kier alpha value is -1.02. The van der Waals surface area contributed by atoms with Gasteiger partial charge in [-0.05, 0) is 52.7 Å². The fourth-order valence-electron chi connectivity index (χ4n) is 2.53. The minimum absolute atomic E-state index is 0.146. The van der Waals surface area contributed by atoms with Crippen molar-refractivity contribution in [3.63, 3.8) is 0 Å². The molecular formula is C20H25BrCl2N2O3. The first-order chi connectivity index (χ1) is 13.5. The second-order valence-corrected chi connectivity index (χ2v) is 7.71. The summed E-state index contributed by atoms with van der Waals surface area (Å²) in [4.78, 5) is 0. The summed E-state index contributed by atoms with van der Waals surface area (Å²) >= 11 is 15.8. The van der Waals surface area contributed by atoms with Gasteiger partial charge in [-0.25, -0.2) is 0 Å². The quantitative estimate of drug-likeness (QED) is 0.384. The number of ether oxygens (including phenoxy) is 2. The number of hydrogen-bond donors (Lipinski definition) is 3. The lowest BCUT2D eigenvalue weighted by molar-refractivity contribution is 0.267. The van der Waals surface area contributed by atoms with Crippen molar-refractivity contribution in [2.75, 3.05) is 32.8 Å². The van der Waals surface area contributed by atoms with Crippen LogP contribution < -0.4 is 20.1 Å². The molecule has 0 atom stereocenters. The highest BCUT2D eigenvalue weighted by atomic mass is 79.9. The molecular weight excluding hydrogens is 467 g/mol. The van der Waals surface area contributed by atoms with Crippen LogP contribution in [0.1, 0.15) is 18.1 Å². The van der Waals surface area contributed by atoms with Crippen molar-refractivity contribution in [1.82, 2.24) is 10.6 Å². The number of rotatable bonds is 12. The first-order valence-electron chi connectivity index (χ1n) is 9.09. The van der Waals surface area contributed by atoms with Gasteiger partial charge in [0, 0.05) is 41.8 Å². The first kappa shape index (κ1) is 23.3. The largest absolute Gasteiger partial charge is 0.490 e. The topological polar surface area (TPSA) is 62.8 Å². The number of halogens is 3. The number of aliphatic hydroxyl groups excluding tert-OH is 1. The SMILES string of the molecule is CCOc1cc(CNCCNCCO)cc(Br)c1OCc1ccc(Cl)cc1Cl. The maximum Gasteiger partial charge on any atom is 0.175 e. The average Bonchev–Trinajstić information content (AvgIpc) is 2.65. The van der Waals surface area contributed by atoms with Crippen LogP contribution in [0.15, 0.2) is 34.8 Å². The summed E-state index contributed by atoms with van der Waals surface area (Å²) in [5.41, 5.74) is 1.93. The van der Waals surface area contributed by atoms with Gasteiger partial charge >= 0.3 is 0 Å². The number of benzene rings is 2. The summed E-state index contributed by atoms with van der Waals surface area (Å²) in [5.74, 6) is 1.32. The fraction of sp³-hybridized carbons (Fsp3) is 0.400. The maximum absolute atomic E-state index is 8.76. The first-order valence-corrected chi connectivity index (χ1v) is 10.6. The van der Waals surface area contributed by atoms with Gasteiger partial charge in [0.2, 0.25) is 0 Å². The summed E-state index contributed by atoms with van der Waals surface area (Å²) in [6.45, 7) is 5.82. The highest BCUT2D eigenvalue weighted by Crippen LogP contribution is 2.38. The van der Waals surface area contributed by atoms with Crippen LogP contribution in [-0.4, -0.2) is 38.0 Å². The van der Waals surface area contributed by atoms with Crippen molar-refractivity contribution < 1.29 is 14.6 Å². The van der Waals surface area contributed by atoms with E-state index in [-0.39, 0.29) is 6.61 Å². The minimum atomic E-state index is 0.146. The number of aliphatic hydroxyl groups is 1. The van der Waals surface area contributed by atoms with E-state index in [1.165, 1.54) is 0 Å². The van der Waals surface area contributed by atoms with Crippen LogP contribution >= 0.6 is 39.1 Å². The highest BCUT2D eigenvalue weighted by molar-refractivity contribution is 9.10. The summed E-state index contributed by atoms with van der Waals surface area (Å²) in [7, 11) is 0. The van der Waals surface area contributed by atoms with Gasteiger partial charge in [0.25, 0.3) is 0 Å². The third-order valence-corrected chi connectivity index (χ3v) is 5.03. The Kier molecular flexibility index (Phi) is 10.4. The van der Waals surface area contributed by atoms with Gasteiger partial charge in [-0.2, -0.15) is 0 Å². The van der Waals surface area contributed by atoms with Crippen LogP contribution in [0.2, 0.25) is 10.0 Å². The van der Waals surface area contributed by atoms with Crippen LogP contribution in [0.25, 0.3) is 0 Å². The molecule has 2 rings (SSSR count). The Morgan fingerprint density at radius 3 is 2.54 bits per heavy atom. The Balaban J connectivity index is 2.02. The van der Waals surface area contributed by atoms with Gasteiger partial charge in [-0.3, -0.25) is 0 Å². The van der Waals surface area contributed by atoms with Crippen LogP contribution in [0.5, 0.6) is 11.5 Å². The summed E-state index contributed by atoms with van der Waals surface area (Å²) in [5, 5.41) is 16.4. The molecule has 5 nitrogen and oxygen atoms in total. The lowest BCUT2D eigenvalue weighted by Crippen LogP contribution is -2.28. The fourth-order valence-corrected chi connectivity index (χ4v) is 3.60. The third-order valence-electron chi connectivity index (χ3n) is 3.85. The summed E-state index contributed by atoms with van der Waals surface area (Å²) in [6, 6.07) is 9.32. The molecule has 2 aromatic carbocycles. The molecule has 0 saturated carbocycles. The second kappa shape index (κ2) is 12.5. The highest BCUT2D eigenvalue weighted by Gasteiger charge is 2.13. The van der Waals surface area contributed by atoms with Gasteiger partial charge in [-0.15, -0.1) is 0 Å². The van der Waals surface area contributed by atoms with Crippen LogP contribution in [0.3, 0.4) is 0 Å². The molecule has 3 N–H and O–H groups in total. The average molecular weight is 492 g/mol. The molecule has 0 aliphatic rings. The van der Waals surface area contributed by atoms with Gasteiger partial charge in [0.1, 0.15) is 6.61 Å². The molecule has 0 aliphatic carbocycles. The van der Waals surface area contributed by atoms with Crippen molar-refractivity contribution in [2.24, 2.45) is 0 Å². The molecule has 2 aromatic rings. The Labute approximate surface area is 184 Å². The smallest absolute Gasteiger partial charge is 0.175 e. The summed E-state index contributed by atoms with van der Waals surface area (Å²) < 4.78 is 12.6. The predicted octanol–water partition coefficient (Wildman–Crippen LogP) is 4.41. The molecule has 0 aromatic heterocycles. The normalized spacial score (nSPS) is 10.9. The van der Waals surface area contributed by atoms with Gasteiger partial charge in [0.15, 0.2) is 11.5 Å². The molecule has 8 heteroatoms. The van der Waals surface area contributed by atoms with Crippen LogP contribution in [0.4, 0.5) is 0 Å². The molecule has 0 saturated heterocycles. The van der Waals surface area contributed by atoms with E-state index in [9.17, 15) is 0 Å². The zero-order valence-corrected chi connectivity index (χ0v) is 18.8. The Morgan fingerprint density at radius 1 is 1.04 bits per heavy atom. The van der Waals surface area contributed by atoms with E-state index in [1.54, 1.807) is 12.1 Å². The Bertz CT molecular complexity index is 762. The van der Waals surface area contributed by atoms with E-state index in [0.29, 0.717) is 47.8 Å². The van der Waals surface area contributed by atoms with E-state index >= 15 is 0 Å². The van der Waals surface area contributed by atoms with Gasteiger partial charge < -0.3 is 25.2 Å². The zero-order chi connectivity index (χ0) is 20.4. The maximum atomic E-state index is 8.76. The van der Waals surface area contributed by atoms with Crippen molar-refractivity contribution >= 4 is 39.1 Å². The molecule has 0 amide bonds. The van der Waals surface area contributed by atoms with Crippen LogP contribution in [0, 0.1) is 0 Å². The minimum Gasteiger partial charge on any atom is -0.490 e. The van der Waals surface area contributed by atoms with Crippen molar-refractivity contribution in [1.29, 1.82) is 0 Å². The monoisotopic (exact) mass is 490 g/mol. The molecule has 0 spiro atoms. The molecule has 0 heterocycles. The van der Waals surface area contributed by atoms with Crippen molar-refractivity contribution in [3.8, 4) is 11.5 Å². The standard InChI is InChI=1S/C20H25BrCl2N2O3/c1-2-27-19-10-14(12-25-6-5-24-7-8-26)9-17(21)20(19)28-13-15-3-4-16(22)11-18(15)23/h3-4,9-11,24-26H,2,5-8,12-13H2,1H3. The van der Waals surface area contributed by atoms with E-state index in [0.717, 1.165) is 28.7 Å². The van der Waals surface area contributed by atoms with Gasteiger partial charge in [0.05, 0.1) is 17.7 Å². The lowest BCUT2D eigenvalue weighted by Gasteiger charge is -2.16. The third kappa shape index (κ3) is 7.43.